The molecule has 5 nitrogen and oxygen atoms in total. The van der Waals surface area contributed by atoms with E-state index in [9.17, 15) is 4.79 Å². The van der Waals surface area contributed by atoms with Gasteiger partial charge in [0.25, 0.3) is 5.91 Å². The van der Waals surface area contributed by atoms with Crippen LogP contribution in [-0.4, -0.2) is 23.8 Å². The van der Waals surface area contributed by atoms with Gasteiger partial charge in [0.05, 0.1) is 17.2 Å². The third kappa shape index (κ3) is 2.03. The molecule has 1 fully saturated rings. The molecule has 1 aliphatic heterocycles. The van der Waals surface area contributed by atoms with E-state index in [4.69, 9.17) is 11.1 Å². The number of benzene rings is 1. The first kappa shape index (κ1) is 13.0. The molecular weight excluding hydrogens is 252 g/mol. The largest absolute Gasteiger partial charge is 0.388 e. The van der Waals surface area contributed by atoms with Crippen molar-refractivity contribution in [3.8, 4) is 0 Å². The first-order valence-corrected chi connectivity index (χ1v) is 7.14. The Morgan fingerprint density at radius 1 is 1.35 bits per heavy atom. The van der Waals surface area contributed by atoms with Crippen molar-refractivity contribution in [2.24, 2.45) is 5.73 Å². The molecule has 0 radical (unpaired) electrons. The van der Waals surface area contributed by atoms with Crippen LogP contribution in [0.1, 0.15) is 32.1 Å². The molecule has 0 unspecified atom stereocenters. The number of hydrogen-bond acceptors (Lipinski definition) is 3. The summed E-state index contributed by atoms with van der Waals surface area (Å²) in [7, 11) is 0. The van der Waals surface area contributed by atoms with Gasteiger partial charge in [0, 0.05) is 13.0 Å². The van der Waals surface area contributed by atoms with Gasteiger partial charge in [-0.2, -0.15) is 0 Å². The molecule has 0 bridgehead atoms. The molecule has 0 atom stereocenters. The van der Waals surface area contributed by atoms with Gasteiger partial charge in [-0.15, -0.1) is 0 Å². The van der Waals surface area contributed by atoms with Crippen molar-refractivity contribution < 1.29 is 4.79 Å². The molecule has 1 saturated carbocycles. The molecule has 1 aromatic carbocycles. The van der Waals surface area contributed by atoms with Crippen molar-refractivity contribution >= 4 is 23.1 Å². The third-order valence-electron chi connectivity index (χ3n) is 4.29. The van der Waals surface area contributed by atoms with Crippen molar-refractivity contribution in [1.29, 1.82) is 5.41 Å². The molecule has 0 aromatic heterocycles. The Kier molecular flexibility index (Phi) is 3.12. The zero-order chi connectivity index (χ0) is 14.2. The third-order valence-corrected chi connectivity index (χ3v) is 4.29. The van der Waals surface area contributed by atoms with Gasteiger partial charge < -0.3 is 16.0 Å². The normalized spacial score (nSPS) is 19.8. The van der Waals surface area contributed by atoms with Gasteiger partial charge in [-0.3, -0.25) is 10.2 Å². The fourth-order valence-electron chi connectivity index (χ4n) is 3.27. The maximum atomic E-state index is 12.9. The van der Waals surface area contributed by atoms with Crippen molar-refractivity contribution in [1.82, 2.24) is 0 Å². The Balaban J connectivity index is 1.97. The topological polar surface area (TPSA) is 82.2 Å². The summed E-state index contributed by atoms with van der Waals surface area (Å²) in [6, 6.07) is 7.87. The molecular formula is C15H20N4O. The minimum absolute atomic E-state index is 0.120. The number of nitrogens with zero attached hydrogens (tertiary/aromatic N) is 1. The van der Waals surface area contributed by atoms with E-state index >= 15 is 0 Å². The number of nitrogens with two attached hydrogens (primary N) is 1. The second-order valence-electron chi connectivity index (χ2n) is 5.66. The van der Waals surface area contributed by atoms with E-state index < -0.39 is 5.54 Å². The average molecular weight is 272 g/mol. The SMILES string of the molecule is N=C(N)CCN1C(=O)C2(CCCC2)Nc2ccccc21. The molecule has 1 aromatic rings. The van der Waals surface area contributed by atoms with E-state index in [2.05, 4.69) is 5.32 Å². The fraction of sp³-hybridized carbons (Fsp3) is 0.467. The lowest BCUT2D eigenvalue weighted by molar-refractivity contribution is -0.123. The first-order valence-electron chi connectivity index (χ1n) is 7.14. The molecule has 0 saturated heterocycles. The minimum atomic E-state index is -0.439. The number of hydrogen-bond donors (Lipinski definition) is 3. The highest BCUT2D eigenvalue weighted by atomic mass is 16.2. The molecule has 1 amide bonds. The number of fused-ring (bicyclic) bond motifs is 1. The van der Waals surface area contributed by atoms with Gasteiger partial charge in [-0.1, -0.05) is 25.0 Å². The number of amidine groups is 1. The van der Waals surface area contributed by atoms with Crippen LogP contribution in [-0.2, 0) is 4.79 Å². The number of carbonyl (C=O) groups is 1. The van der Waals surface area contributed by atoms with E-state index in [0.29, 0.717) is 13.0 Å². The van der Waals surface area contributed by atoms with Gasteiger partial charge in [-0.05, 0) is 25.0 Å². The van der Waals surface area contributed by atoms with Crippen molar-refractivity contribution in [2.75, 3.05) is 16.8 Å². The highest BCUT2D eigenvalue weighted by molar-refractivity contribution is 6.08. The van der Waals surface area contributed by atoms with Crippen LogP contribution >= 0.6 is 0 Å². The number of rotatable bonds is 3. The Morgan fingerprint density at radius 2 is 2.05 bits per heavy atom. The zero-order valence-corrected chi connectivity index (χ0v) is 11.5. The molecule has 4 N–H and O–H groups in total. The van der Waals surface area contributed by atoms with Gasteiger partial charge in [-0.25, -0.2) is 0 Å². The Labute approximate surface area is 118 Å². The summed E-state index contributed by atoms with van der Waals surface area (Å²) >= 11 is 0. The van der Waals surface area contributed by atoms with Crippen LogP contribution in [0.5, 0.6) is 0 Å². The monoisotopic (exact) mass is 272 g/mol. The summed E-state index contributed by atoms with van der Waals surface area (Å²) in [4.78, 5) is 14.7. The van der Waals surface area contributed by atoms with Crippen LogP contribution in [0.4, 0.5) is 11.4 Å². The van der Waals surface area contributed by atoms with E-state index in [0.717, 1.165) is 37.1 Å². The van der Waals surface area contributed by atoms with Crippen molar-refractivity contribution in [2.45, 2.75) is 37.6 Å². The van der Waals surface area contributed by atoms with Gasteiger partial charge in [0.2, 0.25) is 0 Å². The van der Waals surface area contributed by atoms with Crippen LogP contribution in [0.25, 0.3) is 0 Å². The lowest BCUT2D eigenvalue weighted by Crippen LogP contribution is -2.56. The molecule has 1 aliphatic carbocycles. The standard InChI is InChI=1S/C15H20N4O/c16-13(17)7-10-19-12-6-2-1-5-11(12)18-15(14(19)20)8-3-4-9-15/h1-2,5-6,18H,3-4,7-10H2,(H3,16,17). The van der Waals surface area contributed by atoms with Gasteiger partial charge >= 0.3 is 0 Å². The zero-order valence-electron chi connectivity index (χ0n) is 11.5. The van der Waals surface area contributed by atoms with E-state index in [1.807, 2.05) is 24.3 Å². The fourth-order valence-corrected chi connectivity index (χ4v) is 3.27. The maximum absolute atomic E-state index is 12.9. The van der Waals surface area contributed by atoms with Crippen molar-refractivity contribution in [3.63, 3.8) is 0 Å². The minimum Gasteiger partial charge on any atom is -0.388 e. The number of para-hydroxylation sites is 2. The Morgan fingerprint density at radius 3 is 2.75 bits per heavy atom. The second kappa shape index (κ2) is 4.81. The van der Waals surface area contributed by atoms with Gasteiger partial charge in [0.15, 0.2) is 0 Å². The summed E-state index contributed by atoms with van der Waals surface area (Å²) < 4.78 is 0. The smallest absolute Gasteiger partial charge is 0.252 e. The average Bonchev–Trinajstić information content (AvgIpc) is 2.89. The Bertz CT molecular complexity index is 549. The summed E-state index contributed by atoms with van der Waals surface area (Å²) in [5, 5.41) is 10.9. The molecule has 20 heavy (non-hydrogen) atoms. The number of amides is 1. The predicted octanol–water partition coefficient (Wildman–Crippen LogP) is 2.08. The van der Waals surface area contributed by atoms with Crippen LogP contribution < -0.4 is 16.0 Å². The summed E-state index contributed by atoms with van der Waals surface area (Å²) in [5.74, 6) is 0.254. The maximum Gasteiger partial charge on any atom is 0.252 e. The molecule has 3 rings (SSSR count). The summed E-state index contributed by atoms with van der Waals surface area (Å²) in [6.45, 7) is 0.481. The van der Waals surface area contributed by atoms with Crippen molar-refractivity contribution in [3.05, 3.63) is 24.3 Å². The predicted molar refractivity (Wildman–Crippen MR) is 80.1 cm³/mol. The van der Waals surface area contributed by atoms with Crippen LogP contribution in [0.2, 0.25) is 0 Å². The van der Waals surface area contributed by atoms with E-state index in [-0.39, 0.29) is 11.7 Å². The van der Waals surface area contributed by atoms with Gasteiger partial charge in [0.1, 0.15) is 5.54 Å². The molecule has 5 heteroatoms. The lowest BCUT2D eigenvalue weighted by Gasteiger charge is -2.42. The lowest BCUT2D eigenvalue weighted by atomic mass is 9.91. The van der Waals surface area contributed by atoms with Crippen LogP contribution in [0, 0.1) is 5.41 Å². The quantitative estimate of drug-likeness (QED) is 0.582. The molecule has 2 aliphatic rings. The Hall–Kier alpha value is -2.04. The number of carbonyl (C=O) groups excluding carboxylic acids is 1. The number of anilines is 2. The molecule has 1 spiro atoms. The van der Waals surface area contributed by atoms with E-state index in [1.54, 1.807) is 4.90 Å². The summed E-state index contributed by atoms with van der Waals surface area (Å²) in [5.41, 5.74) is 6.92. The number of nitrogens with one attached hydrogen (secondary N) is 2. The van der Waals surface area contributed by atoms with Crippen LogP contribution in [0.3, 0.4) is 0 Å². The van der Waals surface area contributed by atoms with E-state index in [1.165, 1.54) is 0 Å². The molecule has 1 heterocycles. The highest BCUT2D eigenvalue weighted by Gasteiger charge is 2.47. The second-order valence-corrected chi connectivity index (χ2v) is 5.66. The first-order chi connectivity index (χ1) is 9.62. The molecule has 106 valence electrons. The highest BCUT2D eigenvalue weighted by Crippen LogP contribution is 2.42. The van der Waals surface area contributed by atoms with Crippen LogP contribution in [0.15, 0.2) is 24.3 Å². The summed E-state index contributed by atoms with van der Waals surface area (Å²) in [6.07, 6.45) is 4.35.